The molecule has 0 saturated heterocycles. The molecule has 1 aromatic heterocycles. The predicted molar refractivity (Wildman–Crippen MR) is 89.6 cm³/mol. The molecule has 0 unspecified atom stereocenters. The second-order valence-corrected chi connectivity index (χ2v) is 6.07. The number of rotatable bonds is 3. The summed E-state index contributed by atoms with van der Waals surface area (Å²) in [4.78, 5) is 0. The van der Waals surface area contributed by atoms with E-state index >= 15 is 0 Å². The highest BCUT2D eigenvalue weighted by Crippen LogP contribution is 2.38. The number of halogens is 2. The lowest BCUT2D eigenvalue weighted by Crippen LogP contribution is -2.21. The zero-order valence-corrected chi connectivity index (χ0v) is 13.7. The van der Waals surface area contributed by atoms with E-state index in [1.807, 2.05) is 36.4 Å². The highest BCUT2D eigenvalue weighted by Gasteiger charge is 2.25. The van der Waals surface area contributed by atoms with Crippen LogP contribution < -0.4 is 10.3 Å². The molecule has 0 atom stereocenters. The van der Waals surface area contributed by atoms with Crippen LogP contribution in [0.1, 0.15) is 12.2 Å². The van der Waals surface area contributed by atoms with Gasteiger partial charge in [-0.1, -0.05) is 65.8 Å². The first kappa shape index (κ1) is 18.7. The second kappa shape index (κ2) is 7.97. The van der Waals surface area contributed by atoms with Crippen LogP contribution in [-0.4, -0.2) is 13.6 Å². The van der Waals surface area contributed by atoms with Gasteiger partial charge in [0.2, 0.25) is 5.76 Å². The standard InChI is InChI=1S/C16H11F2NO.H4N2O2S/c17-16(18)15-13(11-7-3-1-4-8-11)14(19-20-15)12-9-5-2-6-10-12;1-5(2,3)4/h1-10,16H;(H4,1,2,3,4). The van der Waals surface area contributed by atoms with E-state index in [0.717, 1.165) is 5.56 Å². The lowest BCUT2D eigenvalue weighted by molar-refractivity contribution is 0.113. The van der Waals surface area contributed by atoms with E-state index in [-0.39, 0.29) is 0 Å². The van der Waals surface area contributed by atoms with E-state index in [1.54, 1.807) is 24.3 Å². The third kappa shape index (κ3) is 5.45. The Hall–Kier alpha value is -2.62. The number of alkyl halides is 2. The van der Waals surface area contributed by atoms with Gasteiger partial charge in [-0.25, -0.2) is 19.1 Å². The minimum absolute atomic E-state index is 0.354. The van der Waals surface area contributed by atoms with Crippen LogP contribution in [0, 0.1) is 0 Å². The van der Waals surface area contributed by atoms with Crippen molar-refractivity contribution in [2.75, 3.05) is 0 Å². The Bertz CT molecular complexity index is 906. The van der Waals surface area contributed by atoms with E-state index in [4.69, 9.17) is 4.52 Å². The molecule has 0 fully saturated rings. The van der Waals surface area contributed by atoms with Crippen LogP contribution in [0.15, 0.2) is 65.2 Å². The van der Waals surface area contributed by atoms with Crippen LogP contribution in [0.4, 0.5) is 8.78 Å². The van der Waals surface area contributed by atoms with Gasteiger partial charge in [-0.15, -0.1) is 0 Å². The van der Waals surface area contributed by atoms with Gasteiger partial charge in [-0.2, -0.15) is 8.42 Å². The normalized spacial score (nSPS) is 11.1. The molecule has 9 heteroatoms. The molecule has 0 amide bonds. The number of hydrogen-bond donors (Lipinski definition) is 2. The van der Waals surface area contributed by atoms with Crippen molar-refractivity contribution >= 4 is 10.2 Å². The van der Waals surface area contributed by atoms with Gasteiger partial charge in [0.15, 0.2) is 0 Å². The Morgan fingerprint density at radius 3 is 1.76 bits per heavy atom. The van der Waals surface area contributed by atoms with Gasteiger partial charge in [-0.3, -0.25) is 0 Å². The summed E-state index contributed by atoms with van der Waals surface area (Å²) in [6.45, 7) is 0. The van der Waals surface area contributed by atoms with Gasteiger partial charge in [0.05, 0.1) is 5.56 Å². The molecule has 0 aliphatic rings. The molecule has 6 nitrogen and oxygen atoms in total. The number of aromatic nitrogens is 1. The largest absolute Gasteiger partial charge is 0.354 e. The molecule has 0 radical (unpaired) electrons. The van der Waals surface area contributed by atoms with E-state index in [9.17, 15) is 17.2 Å². The fraction of sp³-hybridized carbons (Fsp3) is 0.0625. The summed E-state index contributed by atoms with van der Waals surface area (Å²) < 4.78 is 49.5. The molecule has 0 aliphatic heterocycles. The van der Waals surface area contributed by atoms with Crippen molar-refractivity contribution < 1.29 is 21.7 Å². The van der Waals surface area contributed by atoms with E-state index in [0.29, 0.717) is 16.8 Å². The zero-order chi connectivity index (χ0) is 18.4. The van der Waals surface area contributed by atoms with Crippen LogP contribution in [0.2, 0.25) is 0 Å². The zero-order valence-electron chi connectivity index (χ0n) is 12.8. The Balaban J connectivity index is 0.000000399. The lowest BCUT2D eigenvalue weighted by atomic mass is 9.99. The molecule has 0 bridgehead atoms. The number of nitrogens with zero attached hydrogens (tertiary/aromatic N) is 1. The maximum atomic E-state index is 13.1. The molecule has 25 heavy (non-hydrogen) atoms. The van der Waals surface area contributed by atoms with Gasteiger partial charge >= 0.3 is 0 Å². The first-order chi connectivity index (χ1) is 11.8. The van der Waals surface area contributed by atoms with Crippen LogP contribution in [0.25, 0.3) is 22.4 Å². The van der Waals surface area contributed by atoms with Crippen LogP contribution in [0.3, 0.4) is 0 Å². The topological polar surface area (TPSA) is 112 Å². The Labute approximate surface area is 143 Å². The van der Waals surface area contributed by atoms with Crippen molar-refractivity contribution in [2.45, 2.75) is 6.43 Å². The molecule has 3 aromatic rings. The smallest absolute Gasteiger partial charge is 0.298 e. The fourth-order valence-corrected chi connectivity index (χ4v) is 2.13. The fourth-order valence-electron chi connectivity index (χ4n) is 2.13. The van der Waals surface area contributed by atoms with Crippen molar-refractivity contribution in [1.82, 2.24) is 5.16 Å². The molecule has 0 saturated carbocycles. The van der Waals surface area contributed by atoms with Gasteiger partial charge in [0.1, 0.15) is 5.69 Å². The summed E-state index contributed by atoms with van der Waals surface area (Å²) in [5.74, 6) is -0.393. The quantitative estimate of drug-likeness (QED) is 0.740. The average molecular weight is 367 g/mol. The van der Waals surface area contributed by atoms with Crippen molar-refractivity contribution in [3.05, 3.63) is 66.4 Å². The Morgan fingerprint density at radius 1 is 0.880 bits per heavy atom. The van der Waals surface area contributed by atoms with Gasteiger partial charge < -0.3 is 4.52 Å². The second-order valence-electron chi connectivity index (χ2n) is 4.89. The Kier molecular flexibility index (Phi) is 5.97. The third-order valence-electron chi connectivity index (χ3n) is 3.03. The van der Waals surface area contributed by atoms with Gasteiger partial charge in [0, 0.05) is 5.56 Å². The van der Waals surface area contributed by atoms with Crippen molar-refractivity contribution in [3.63, 3.8) is 0 Å². The summed E-state index contributed by atoms with van der Waals surface area (Å²) in [6, 6.07) is 18.1. The molecule has 1 heterocycles. The van der Waals surface area contributed by atoms with E-state index in [1.165, 1.54) is 0 Å². The summed E-state index contributed by atoms with van der Waals surface area (Å²) in [6.07, 6.45) is -2.70. The summed E-state index contributed by atoms with van der Waals surface area (Å²) in [5, 5.41) is 12.0. The predicted octanol–water partition coefficient (Wildman–Crippen LogP) is 3.09. The molecule has 4 N–H and O–H groups in total. The van der Waals surface area contributed by atoms with Gasteiger partial charge in [0.25, 0.3) is 16.6 Å². The monoisotopic (exact) mass is 367 g/mol. The Morgan fingerprint density at radius 2 is 1.32 bits per heavy atom. The maximum absolute atomic E-state index is 13.1. The summed E-state index contributed by atoms with van der Waals surface area (Å²) in [5.41, 5.74) is 2.21. The average Bonchev–Trinajstić information content (AvgIpc) is 3.00. The molecule has 3 rings (SSSR count). The van der Waals surface area contributed by atoms with Crippen molar-refractivity contribution in [1.29, 1.82) is 0 Å². The van der Waals surface area contributed by atoms with Crippen LogP contribution in [0.5, 0.6) is 0 Å². The molecule has 132 valence electrons. The molecular weight excluding hydrogens is 352 g/mol. The highest BCUT2D eigenvalue weighted by molar-refractivity contribution is 7.86. The third-order valence-corrected chi connectivity index (χ3v) is 3.03. The molecule has 0 spiro atoms. The molecule has 2 aromatic carbocycles. The van der Waals surface area contributed by atoms with E-state index in [2.05, 4.69) is 15.4 Å². The van der Waals surface area contributed by atoms with E-state index < -0.39 is 22.4 Å². The minimum atomic E-state index is -3.67. The number of nitrogens with two attached hydrogens (primary N) is 2. The number of hydrogen-bond acceptors (Lipinski definition) is 4. The maximum Gasteiger partial charge on any atom is 0.298 e. The lowest BCUT2D eigenvalue weighted by Gasteiger charge is -2.04. The number of benzene rings is 2. The highest BCUT2D eigenvalue weighted by atomic mass is 32.2. The summed E-state index contributed by atoms with van der Waals surface area (Å²) >= 11 is 0. The first-order valence-corrected chi connectivity index (χ1v) is 8.57. The SMILES string of the molecule is FC(F)c1onc(-c2ccccc2)c1-c1ccccc1.NS(N)(=O)=O. The minimum Gasteiger partial charge on any atom is -0.354 e. The summed E-state index contributed by atoms with van der Waals surface area (Å²) in [7, 11) is -3.67. The van der Waals surface area contributed by atoms with Crippen LogP contribution in [-0.2, 0) is 10.2 Å². The first-order valence-electron chi connectivity index (χ1n) is 6.96. The molecule has 0 aliphatic carbocycles. The van der Waals surface area contributed by atoms with Crippen molar-refractivity contribution in [3.8, 4) is 22.4 Å². The van der Waals surface area contributed by atoms with Crippen molar-refractivity contribution in [2.24, 2.45) is 10.3 Å². The van der Waals surface area contributed by atoms with Crippen LogP contribution >= 0.6 is 0 Å². The van der Waals surface area contributed by atoms with Gasteiger partial charge in [-0.05, 0) is 5.56 Å². The molecular formula is C16H15F2N3O3S.